The van der Waals surface area contributed by atoms with Gasteiger partial charge in [0, 0.05) is 11.8 Å². The maximum Gasteiger partial charge on any atom is 0.137 e. The number of benzene rings is 1. The van der Waals surface area contributed by atoms with Crippen LogP contribution >= 0.6 is 27.7 Å². The lowest BCUT2D eigenvalue weighted by atomic mass is 10.1. The first-order valence-corrected chi connectivity index (χ1v) is 7.15. The van der Waals surface area contributed by atoms with E-state index in [2.05, 4.69) is 29.8 Å². The van der Waals surface area contributed by atoms with Crippen molar-refractivity contribution in [1.82, 2.24) is 0 Å². The minimum Gasteiger partial charge on any atom is -0.327 e. The molecule has 0 aliphatic carbocycles. The van der Waals surface area contributed by atoms with Crippen molar-refractivity contribution < 1.29 is 4.39 Å². The first-order valence-electron chi connectivity index (χ1n) is 5.30. The summed E-state index contributed by atoms with van der Waals surface area (Å²) in [5.74, 6) is 0.682. The van der Waals surface area contributed by atoms with Gasteiger partial charge in [-0.1, -0.05) is 26.0 Å². The Morgan fingerprint density at radius 2 is 2.12 bits per heavy atom. The lowest BCUT2D eigenvalue weighted by Crippen LogP contribution is -2.26. The van der Waals surface area contributed by atoms with Crippen molar-refractivity contribution in [3.63, 3.8) is 0 Å². The lowest BCUT2D eigenvalue weighted by Gasteiger charge is -2.14. The van der Waals surface area contributed by atoms with E-state index in [0.717, 1.165) is 11.3 Å². The van der Waals surface area contributed by atoms with Gasteiger partial charge in [0.25, 0.3) is 0 Å². The first-order chi connectivity index (χ1) is 7.50. The van der Waals surface area contributed by atoms with Crippen LogP contribution in [0.1, 0.15) is 19.4 Å². The number of thioether (sulfide) groups is 1. The van der Waals surface area contributed by atoms with Gasteiger partial charge in [-0.05, 0) is 39.2 Å². The smallest absolute Gasteiger partial charge is 0.137 e. The van der Waals surface area contributed by atoms with Crippen molar-refractivity contribution in [2.75, 3.05) is 5.75 Å². The van der Waals surface area contributed by atoms with Gasteiger partial charge < -0.3 is 5.73 Å². The van der Waals surface area contributed by atoms with E-state index in [4.69, 9.17) is 5.73 Å². The van der Waals surface area contributed by atoms with Gasteiger partial charge >= 0.3 is 0 Å². The van der Waals surface area contributed by atoms with E-state index < -0.39 is 0 Å². The highest BCUT2D eigenvalue weighted by atomic mass is 79.9. The van der Waals surface area contributed by atoms with Crippen LogP contribution in [-0.4, -0.2) is 17.0 Å². The van der Waals surface area contributed by atoms with Crippen molar-refractivity contribution in [3.8, 4) is 0 Å². The molecule has 2 N–H and O–H groups in total. The molecule has 90 valence electrons. The average molecular weight is 306 g/mol. The third-order valence-electron chi connectivity index (χ3n) is 2.16. The summed E-state index contributed by atoms with van der Waals surface area (Å²) in [6, 6.07) is 5.15. The van der Waals surface area contributed by atoms with Gasteiger partial charge in [0.2, 0.25) is 0 Å². The van der Waals surface area contributed by atoms with Crippen LogP contribution in [0.4, 0.5) is 4.39 Å². The van der Waals surface area contributed by atoms with E-state index in [1.165, 1.54) is 6.07 Å². The molecule has 0 saturated carbocycles. The topological polar surface area (TPSA) is 26.0 Å². The highest BCUT2D eigenvalue weighted by Crippen LogP contribution is 2.22. The minimum atomic E-state index is -0.221. The van der Waals surface area contributed by atoms with E-state index in [0.29, 0.717) is 16.1 Å². The molecule has 4 heteroatoms. The summed E-state index contributed by atoms with van der Waals surface area (Å²) < 4.78 is 13.8. The Morgan fingerprint density at radius 3 is 2.75 bits per heavy atom. The van der Waals surface area contributed by atoms with Crippen LogP contribution in [0, 0.1) is 5.82 Å². The Labute approximate surface area is 109 Å². The molecule has 0 radical (unpaired) electrons. The molecule has 0 aliphatic heterocycles. The average Bonchev–Trinajstić information content (AvgIpc) is 2.22. The fraction of sp³-hybridized carbons (Fsp3) is 0.500. The minimum absolute atomic E-state index is 0.0745. The van der Waals surface area contributed by atoms with Crippen molar-refractivity contribution in [2.45, 2.75) is 31.6 Å². The van der Waals surface area contributed by atoms with Crippen molar-refractivity contribution in [2.24, 2.45) is 5.73 Å². The second kappa shape index (κ2) is 6.62. The second-order valence-electron chi connectivity index (χ2n) is 4.06. The predicted octanol–water partition coefficient (Wildman–Crippen LogP) is 3.60. The van der Waals surface area contributed by atoms with Crippen molar-refractivity contribution in [1.29, 1.82) is 0 Å². The van der Waals surface area contributed by atoms with Crippen molar-refractivity contribution in [3.05, 3.63) is 34.1 Å². The van der Waals surface area contributed by atoms with Crippen LogP contribution in [0.15, 0.2) is 22.7 Å². The summed E-state index contributed by atoms with van der Waals surface area (Å²) in [7, 11) is 0. The first kappa shape index (κ1) is 14.0. The molecule has 0 aromatic heterocycles. The number of rotatable bonds is 5. The van der Waals surface area contributed by atoms with Crippen LogP contribution in [0.3, 0.4) is 0 Å². The van der Waals surface area contributed by atoms with Gasteiger partial charge in [0.15, 0.2) is 0 Å². The zero-order chi connectivity index (χ0) is 12.1. The Bertz CT molecular complexity index is 344. The fourth-order valence-electron chi connectivity index (χ4n) is 1.36. The molecule has 0 amide bonds. The second-order valence-corrected chi connectivity index (χ2v) is 6.46. The van der Waals surface area contributed by atoms with Crippen LogP contribution < -0.4 is 5.73 Å². The van der Waals surface area contributed by atoms with Gasteiger partial charge in [0.05, 0.1) is 4.47 Å². The molecule has 1 aromatic carbocycles. The van der Waals surface area contributed by atoms with Gasteiger partial charge in [-0.15, -0.1) is 0 Å². The summed E-state index contributed by atoms with van der Waals surface area (Å²) in [5, 5.41) is 0.585. The lowest BCUT2D eigenvalue weighted by molar-refractivity contribution is 0.615. The van der Waals surface area contributed by atoms with Gasteiger partial charge in [-0.2, -0.15) is 11.8 Å². The molecule has 0 aliphatic rings. The van der Waals surface area contributed by atoms with E-state index in [9.17, 15) is 4.39 Å². The van der Waals surface area contributed by atoms with Crippen molar-refractivity contribution >= 4 is 27.7 Å². The molecule has 1 unspecified atom stereocenters. The molecule has 1 atom stereocenters. The Morgan fingerprint density at radius 1 is 1.44 bits per heavy atom. The summed E-state index contributed by atoms with van der Waals surface area (Å²) in [6.07, 6.45) is 0.706. The van der Waals surface area contributed by atoms with Gasteiger partial charge in [-0.25, -0.2) is 4.39 Å². The molecule has 0 spiro atoms. The Hall–Kier alpha value is -0.0600. The van der Waals surface area contributed by atoms with E-state index in [-0.39, 0.29) is 11.9 Å². The van der Waals surface area contributed by atoms with Crippen LogP contribution in [0.5, 0.6) is 0 Å². The molecule has 1 rings (SSSR count). The highest BCUT2D eigenvalue weighted by Gasteiger charge is 2.10. The summed E-state index contributed by atoms with van der Waals surface area (Å²) in [5.41, 5.74) is 6.95. The van der Waals surface area contributed by atoms with Crippen LogP contribution in [-0.2, 0) is 6.42 Å². The zero-order valence-electron chi connectivity index (χ0n) is 9.54. The Kier molecular flexibility index (Phi) is 5.79. The number of halogens is 2. The SMILES string of the molecule is CC(C)SCC(N)Cc1cccc(F)c1Br. The molecule has 0 heterocycles. The predicted molar refractivity (Wildman–Crippen MR) is 73.4 cm³/mol. The summed E-state index contributed by atoms with van der Waals surface area (Å²) in [6.45, 7) is 4.30. The Balaban J connectivity index is 2.56. The molecule has 1 aromatic rings. The van der Waals surface area contributed by atoms with Crippen LogP contribution in [0.2, 0.25) is 0 Å². The summed E-state index contributed by atoms with van der Waals surface area (Å²) in [4.78, 5) is 0. The zero-order valence-corrected chi connectivity index (χ0v) is 11.9. The quantitative estimate of drug-likeness (QED) is 0.899. The number of nitrogens with two attached hydrogens (primary N) is 1. The maximum atomic E-state index is 13.3. The van der Waals surface area contributed by atoms with E-state index >= 15 is 0 Å². The third-order valence-corrected chi connectivity index (χ3v) is 4.33. The molecular weight excluding hydrogens is 289 g/mol. The highest BCUT2D eigenvalue weighted by molar-refractivity contribution is 9.10. The molecule has 16 heavy (non-hydrogen) atoms. The summed E-state index contributed by atoms with van der Waals surface area (Å²) >= 11 is 5.09. The molecular formula is C12H17BrFNS. The fourth-order valence-corrected chi connectivity index (χ4v) is 2.54. The molecule has 1 nitrogen and oxygen atoms in total. The van der Waals surface area contributed by atoms with Gasteiger partial charge in [0.1, 0.15) is 5.82 Å². The molecule has 0 fully saturated rings. The van der Waals surface area contributed by atoms with E-state index in [1.807, 2.05) is 17.8 Å². The molecule has 0 bridgehead atoms. The largest absolute Gasteiger partial charge is 0.327 e. The molecule has 0 saturated heterocycles. The number of hydrogen-bond donors (Lipinski definition) is 1. The van der Waals surface area contributed by atoms with Crippen LogP contribution in [0.25, 0.3) is 0 Å². The maximum absolute atomic E-state index is 13.3. The monoisotopic (exact) mass is 305 g/mol. The third kappa shape index (κ3) is 4.44. The number of hydrogen-bond acceptors (Lipinski definition) is 2. The van der Waals surface area contributed by atoms with Gasteiger partial charge in [-0.3, -0.25) is 0 Å². The van der Waals surface area contributed by atoms with E-state index in [1.54, 1.807) is 6.07 Å². The normalized spacial score (nSPS) is 13.1. The standard InChI is InChI=1S/C12H17BrFNS/c1-8(2)16-7-10(15)6-9-4-3-5-11(14)12(9)13/h3-5,8,10H,6-7,15H2,1-2H3.